The molecular formula is C13H17NO2. The summed E-state index contributed by atoms with van der Waals surface area (Å²) in [7, 11) is 2.00. The molecule has 1 fully saturated rings. The molecule has 1 aliphatic heterocycles. The van der Waals surface area contributed by atoms with Crippen molar-refractivity contribution in [3.63, 3.8) is 0 Å². The molecule has 2 aliphatic rings. The van der Waals surface area contributed by atoms with E-state index in [1.54, 1.807) is 0 Å². The topological polar surface area (TPSA) is 30.5 Å². The summed E-state index contributed by atoms with van der Waals surface area (Å²) in [6.07, 6.45) is 1.57. The van der Waals surface area contributed by atoms with Gasteiger partial charge in [0.2, 0.25) is 0 Å². The van der Waals surface area contributed by atoms with Crippen molar-refractivity contribution in [3.8, 4) is 0 Å². The Balaban J connectivity index is 1.77. The van der Waals surface area contributed by atoms with Crippen LogP contribution >= 0.6 is 0 Å². The highest BCUT2D eigenvalue weighted by Gasteiger charge is 2.35. The van der Waals surface area contributed by atoms with Gasteiger partial charge in [0.15, 0.2) is 0 Å². The Morgan fingerprint density at radius 2 is 2.12 bits per heavy atom. The first-order valence-corrected chi connectivity index (χ1v) is 5.87. The lowest BCUT2D eigenvalue weighted by atomic mass is 10.1. The molecule has 3 rings (SSSR count). The summed E-state index contributed by atoms with van der Waals surface area (Å²) >= 11 is 0. The van der Waals surface area contributed by atoms with Crippen molar-refractivity contribution in [1.82, 2.24) is 5.32 Å². The van der Waals surface area contributed by atoms with Gasteiger partial charge in [-0.1, -0.05) is 24.3 Å². The molecule has 1 aliphatic carbocycles. The number of likely N-dealkylation sites (N-methyl/N-ethyl adjacent to an activating group) is 1. The van der Waals surface area contributed by atoms with Crippen LogP contribution in [0.1, 0.15) is 17.2 Å². The summed E-state index contributed by atoms with van der Waals surface area (Å²) in [6, 6.07) is 8.91. The zero-order chi connectivity index (χ0) is 11.0. The fraction of sp³-hybridized carbons (Fsp3) is 0.538. The standard InChI is InChI=1S/C13H17NO2/c1-14-13-11-5-3-2-4-9(11)6-12(13)16-10-7-15-8-10/h2-5,10,12-14H,6-8H2,1H3. The van der Waals surface area contributed by atoms with E-state index >= 15 is 0 Å². The molecule has 16 heavy (non-hydrogen) atoms. The van der Waals surface area contributed by atoms with E-state index in [0.29, 0.717) is 12.1 Å². The van der Waals surface area contributed by atoms with Crippen LogP contribution in [0.3, 0.4) is 0 Å². The lowest BCUT2D eigenvalue weighted by molar-refractivity contribution is -0.158. The van der Waals surface area contributed by atoms with E-state index in [2.05, 4.69) is 29.6 Å². The molecule has 0 radical (unpaired) electrons. The number of hydrogen-bond donors (Lipinski definition) is 1. The molecule has 86 valence electrons. The molecule has 1 saturated heterocycles. The highest BCUT2D eigenvalue weighted by molar-refractivity contribution is 5.36. The summed E-state index contributed by atoms with van der Waals surface area (Å²) in [5.74, 6) is 0. The number of rotatable bonds is 3. The van der Waals surface area contributed by atoms with Gasteiger partial charge in [0.1, 0.15) is 6.10 Å². The molecule has 3 nitrogen and oxygen atoms in total. The maximum absolute atomic E-state index is 6.05. The fourth-order valence-corrected chi connectivity index (χ4v) is 2.57. The van der Waals surface area contributed by atoms with Crippen LogP contribution in [0.25, 0.3) is 0 Å². The highest BCUT2D eigenvalue weighted by Crippen LogP contribution is 2.34. The van der Waals surface area contributed by atoms with Crippen molar-refractivity contribution in [2.75, 3.05) is 20.3 Å². The van der Waals surface area contributed by atoms with Gasteiger partial charge >= 0.3 is 0 Å². The smallest absolute Gasteiger partial charge is 0.105 e. The molecular weight excluding hydrogens is 202 g/mol. The van der Waals surface area contributed by atoms with Gasteiger partial charge < -0.3 is 14.8 Å². The number of ether oxygens (including phenoxy) is 2. The third kappa shape index (κ3) is 1.65. The van der Waals surface area contributed by atoms with Crippen LogP contribution in [0.2, 0.25) is 0 Å². The molecule has 2 atom stereocenters. The summed E-state index contributed by atoms with van der Waals surface area (Å²) in [4.78, 5) is 0. The number of nitrogens with one attached hydrogen (secondary N) is 1. The van der Waals surface area contributed by atoms with Crippen LogP contribution in [-0.2, 0) is 15.9 Å². The molecule has 0 bridgehead atoms. The third-order valence-corrected chi connectivity index (χ3v) is 3.47. The van der Waals surface area contributed by atoms with Gasteiger partial charge in [-0.15, -0.1) is 0 Å². The predicted octanol–water partition coefficient (Wildman–Crippen LogP) is 1.29. The largest absolute Gasteiger partial charge is 0.376 e. The summed E-state index contributed by atoms with van der Waals surface area (Å²) < 4.78 is 11.2. The Kier molecular flexibility index (Phi) is 2.67. The molecule has 1 N–H and O–H groups in total. The average Bonchev–Trinajstić information content (AvgIpc) is 2.60. The van der Waals surface area contributed by atoms with Crippen molar-refractivity contribution in [3.05, 3.63) is 35.4 Å². The Bertz CT molecular complexity index is 376. The van der Waals surface area contributed by atoms with Gasteiger partial charge in [0.25, 0.3) is 0 Å². The number of fused-ring (bicyclic) bond motifs is 1. The van der Waals surface area contributed by atoms with Crippen LogP contribution in [0.15, 0.2) is 24.3 Å². The van der Waals surface area contributed by atoms with Crippen LogP contribution in [0, 0.1) is 0 Å². The lowest BCUT2D eigenvalue weighted by Gasteiger charge is -2.31. The van der Waals surface area contributed by atoms with Gasteiger partial charge in [0.05, 0.1) is 25.4 Å². The van der Waals surface area contributed by atoms with Gasteiger partial charge in [-0.2, -0.15) is 0 Å². The molecule has 2 unspecified atom stereocenters. The van der Waals surface area contributed by atoms with E-state index in [4.69, 9.17) is 9.47 Å². The van der Waals surface area contributed by atoms with E-state index in [1.165, 1.54) is 11.1 Å². The zero-order valence-corrected chi connectivity index (χ0v) is 9.48. The van der Waals surface area contributed by atoms with E-state index in [1.807, 2.05) is 7.05 Å². The first kappa shape index (κ1) is 10.3. The Hall–Kier alpha value is -0.900. The second kappa shape index (κ2) is 4.17. The number of benzene rings is 1. The summed E-state index contributed by atoms with van der Waals surface area (Å²) in [5, 5.41) is 3.36. The molecule has 1 heterocycles. The molecule has 0 amide bonds. The Labute approximate surface area is 95.8 Å². The maximum atomic E-state index is 6.05. The van der Waals surface area contributed by atoms with Crippen molar-refractivity contribution >= 4 is 0 Å². The number of hydrogen-bond acceptors (Lipinski definition) is 3. The molecule has 3 heteroatoms. The quantitative estimate of drug-likeness (QED) is 0.831. The minimum absolute atomic E-state index is 0.260. The summed E-state index contributed by atoms with van der Waals surface area (Å²) in [6.45, 7) is 1.51. The van der Waals surface area contributed by atoms with E-state index in [0.717, 1.165) is 19.6 Å². The Morgan fingerprint density at radius 1 is 1.31 bits per heavy atom. The first-order chi connectivity index (χ1) is 7.88. The second-order valence-electron chi connectivity index (χ2n) is 4.50. The van der Waals surface area contributed by atoms with Crippen molar-refractivity contribution in [1.29, 1.82) is 0 Å². The minimum atomic E-state index is 0.260. The second-order valence-corrected chi connectivity index (χ2v) is 4.50. The maximum Gasteiger partial charge on any atom is 0.105 e. The molecule has 0 spiro atoms. The van der Waals surface area contributed by atoms with Crippen molar-refractivity contribution < 1.29 is 9.47 Å². The van der Waals surface area contributed by atoms with Crippen molar-refractivity contribution in [2.45, 2.75) is 24.7 Å². The zero-order valence-electron chi connectivity index (χ0n) is 9.48. The summed E-state index contributed by atoms with van der Waals surface area (Å²) in [5.41, 5.74) is 2.79. The SMILES string of the molecule is CNC1c2ccccc2CC1OC1COC1. The van der Waals surface area contributed by atoms with Crippen LogP contribution in [0.4, 0.5) is 0 Å². The van der Waals surface area contributed by atoms with Gasteiger partial charge in [-0.3, -0.25) is 0 Å². The van der Waals surface area contributed by atoms with Crippen LogP contribution in [-0.4, -0.2) is 32.5 Å². The van der Waals surface area contributed by atoms with Crippen molar-refractivity contribution in [2.24, 2.45) is 0 Å². The monoisotopic (exact) mass is 219 g/mol. The Morgan fingerprint density at radius 3 is 2.81 bits per heavy atom. The van der Waals surface area contributed by atoms with E-state index < -0.39 is 0 Å². The minimum Gasteiger partial charge on any atom is -0.376 e. The van der Waals surface area contributed by atoms with Gasteiger partial charge in [-0.25, -0.2) is 0 Å². The lowest BCUT2D eigenvalue weighted by Crippen LogP contribution is -2.41. The molecule has 1 aromatic rings. The molecule has 0 aromatic heterocycles. The molecule has 0 saturated carbocycles. The third-order valence-electron chi connectivity index (χ3n) is 3.47. The molecule has 1 aromatic carbocycles. The van der Waals surface area contributed by atoms with Crippen LogP contribution < -0.4 is 5.32 Å². The van der Waals surface area contributed by atoms with Crippen LogP contribution in [0.5, 0.6) is 0 Å². The average molecular weight is 219 g/mol. The van der Waals surface area contributed by atoms with E-state index in [-0.39, 0.29) is 6.10 Å². The first-order valence-electron chi connectivity index (χ1n) is 5.87. The fourth-order valence-electron chi connectivity index (χ4n) is 2.57. The van der Waals surface area contributed by atoms with Gasteiger partial charge in [-0.05, 0) is 18.2 Å². The van der Waals surface area contributed by atoms with Gasteiger partial charge in [0, 0.05) is 6.42 Å². The van der Waals surface area contributed by atoms with E-state index in [9.17, 15) is 0 Å². The highest BCUT2D eigenvalue weighted by atomic mass is 16.6. The normalized spacial score (nSPS) is 28.8. The predicted molar refractivity (Wildman–Crippen MR) is 61.4 cm³/mol.